The lowest BCUT2D eigenvalue weighted by Crippen LogP contribution is -2.27. The highest BCUT2D eigenvalue weighted by Crippen LogP contribution is 2.30. The number of nitrogens with zero attached hydrogens (tertiary/aromatic N) is 1. The molecule has 25 heavy (non-hydrogen) atoms. The van der Waals surface area contributed by atoms with Gasteiger partial charge in [-0.15, -0.1) is 0 Å². The summed E-state index contributed by atoms with van der Waals surface area (Å²) in [5.41, 5.74) is 4.23. The van der Waals surface area contributed by atoms with Crippen molar-refractivity contribution in [3.8, 4) is 0 Å². The van der Waals surface area contributed by atoms with Crippen LogP contribution < -0.4 is 5.32 Å². The topological polar surface area (TPSA) is 49.4 Å². The molecule has 1 aliphatic carbocycles. The van der Waals surface area contributed by atoms with Gasteiger partial charge in [0.15, 0.2) is 0 Å². The third kappa shape index (κ3) is 3.29. The highest BCUT2D eigenvalue weighted by atomic mass is 16.2. The van der Waals surface area contributed by atoms with Gasteiger partial charge in [0.25, 0.3) is 5.91 Å². The van der Waals surface area contributed by atoms with E-state index >= 15 is 0 Å². The molecule has 0 aromatic heterocycles. The summed E-state index contributed by atoms with van der Waals surface area (Å²) in [7, 11) is 0. The van der Waals surface area contributed by atoms with Gasteiger partial charge in [0, 0.05) is 25.1 Å². The number of benzene rings is 2. The maximum absolute atomic E-state index is 12.7. The Labute approximate surface area is 147 Å². The van der Waals surface area contributed by atoms with Gasteiger partial charge in [0.05, 0.1) is 6.04 Å². The van der Waals surface area contributed by atoms with Crippen LogP contribution in [-0.2, 0) is 17.8 Å². The molecule has 4 heteroatoms. The summed E-state index contributed by atoms with van der Waals surface area (Å²) in [6, 6.07) is 16.0. The summed E-state index contributed by atoms with van der Waals surface area (Å²) in [4.78, 5) is 26.3. The van der Waals surface area contributed by atoms with Crippen LogP contribution in [0, 0.1) is 0 Å². The number of hydrogen-bond acceptors (Lipinski definition) is 2. The van der Waals surface area contributed by atoms with Crippen LogP contribution in [-0.4, -0.2) is 23.3 Å². The number of carbonyl (C=O) groups is 2. The molecule has 1 atom stereocenters. The Morgan fingerprint density at radius 3 is 2.84 bits per heavy atom. The van der Waals surface area contributed by atoms with Crippen LogP contribution in [0.25, 0.3) is 0 Å². The third-order valence-corrected chi connectivity index (χ3v) is 5.17. The lowest BCUT2D eigenvalue weighted by atomic mass is 10.1. The molecule has 0 radical (unpaired) electrons. The Bertz CT molecular complexity index is 815. The fourth-order valence-corrected chi connectivity index (χ4v) is 3.85. The number of nitrogens with one attached hydrogen (secondary N) is 1. The van der Waals surface area contributed by atoms with Crippen LogP contribution in [0.4, 0.5) is 0 Å². The molecule has 0 unspecified atom stereocenters. The minimum atomic E-state index is -0.0451. The molecule has 128 valence electrons. The highest BCUT2D eigenvalue weighted by molar-refractivity contribution is 5.94. The second-order valence-electron chi connectivity index (χ2n) is 6.88. The van der Waals surface area contributed by atoms with Crippen LogP contribution in [0.1, 0.15) is 52.4 Å². The van der Waals surface area contributed by atoms with Gasteiger partial charge in [-0.1, -0.05) is 36.4 Å². The summed E-state index contributed by atoms with van der Waals surface area (Å²) in [5, 5.41) is 3.16. The van der Waals surface area contributed by atoms with E-state index in [1.54, 1.807) is 0 Å². The molecule has 1 N–H and O–H groups in total. The van der Waals surface area contributed by atoms with Gasteiger partial charge < -0.3 is 10.2 Å². The molecule has 1 heterocycles. The molecule has 0 saturated carbocycles. The van der Waals surface area contributed by atoms with E-state index in [0.717, 1.165) is 31.4 Å². The van der Waals surface area contributed by atoms with Gasteiger partial charge >= 0.3 is 0 Å². The predicted octanol–water partition coefficient (Wildman–Crippen LogP) is 3.23. The van der Waals surface area contributed by atoms with Crippen molar-refractivity contribution in [1.29, 1.82) is 0 Å². The van der Waals surface area contributed by atoms with Crippen molar-refractivity contribution in [2.75, 3.05) is 6.54 Å². The fourth-order valence-electron chi connectivity index (χ4n) is 3.85. The molecule has 1 fully saturated rings. The minimum Gasteiger partial charge on any atom is -0.345 e. The first-order chi connectivity index (χ1) is 12.2. The van der Waals surface area contributed by atoms with Crippen molar-refractivity contribution in [1.82, 2.24) is 10.2 Å². The lowest BCUT2D eigenvalue weighted by molar-refractivity contribution is -0.128. The lowest BCUT2D eigenvalue weighted by Gasteiger charge is -2.17. The summed E-state index contributed by atoms with van der Waals surface area (Å²) in [6.45, 7) is 1.40. The normalized spacial score (nSPS) is 19.1. The van der Waals surface area contributed by atoms with Gasteiger partial charge in [0.2, 0.25) is 5.91 Å². The molecule has 4 nitrogen and oxygen atoms in total. The number of aryl methyl sites for hydroxylation is 1. The molecule has 4 rings (SSSR count). The van der Waals surface area contributed by atoms with Gasteiger partial charge in [-0.25, -0.2) is 0 Å². The van der Waals surface area contributed by atoms with Crippen molar-refractivity contribution in [3.63, 3.8) is 0 Å². The average molecular weight is 334 g/mol. The Morgan fingerprint density at radius 1 is 1.12 bits per heavy atom. The zero-order chi connectivity index (χ0) is 17.2. The molecule has 0 spiro atoms. The second kappa shape index (κ2) is 6.71. The molecule has 2 aromatic rings. The molecule has 2 aliphatic rings. The van der Waals surface area contributed by atoms with Crippen LogP contribution in [0.5, 0.6) is 0 Å². The molecule has 1 aliphatic heterocycles. The van der Waals surface area contributed by atoms with Crippen molar-refractivity contribution >= 4 is 11.8 Å². The molecule has 1 saturated heterocycles. The van der Waals surface area contributed by atoms with Crippen LogP contribution in [0.15, 0.2) is 48.5 Å². The maximum Gasteiger partial charge on any atom is 0.251 e. The van der Waals surface area contributed by atoms with E-state index in [9.17, 15) is 9.59 Å². The smallest absolute Gasteiger partial charge is 0.251 e. The monoisotopic (exact) mass is 334 g/mol. The van der Waals surface area contributed by atoms with Gasteiger partial charge in [-0.05, 0) is 48.1 Å². The second-order valence-corrected chi connectivity index (χ2v) is 6.88. The minimum absolute atomic E-state index is 0.0451. The average Bonchev–Trinajstić information content (AvgIpc) is 3.22. The molecule has 2 aromatic carbocycles. The van der Waals surface area contributed by atoms with Crippen molar-refractivity contribution < 1.29 is 9.59 Å². The van der Waals surface area contributed by atoms with Crippen molar-refractivity contribution in [2.45, 2.75) is 38.3 Å². The summed E-state index contributed by atoms with van der Waals surface area (Å²) in [6.07, 6.45) is 3.53. The van der Waals surface area contributed by atoms with Crippen LogP contribution >= 0.6 is 0 Å². The zero-order valence-electron chi connectivity index (χ0n) is 14.2. The van der Waals surface area contributed by atoms with Gasteiger partial charge in [-0.3, -0.25) is 9.59 Å². The summed E-state index contributed by atoms with van der Waals surface area (Å²) >= 11 is 0. The summed E-state index contributed by atoms with van der Waals surface area (Å²) < 4.78 is 0. The van der Waals surface area contributed by atoms with Crippen LogP contribution in [0.3, 0.4) is 0 Å². The van der Waals surface area contributed by atoms with Crippen LogP contribution in [0.2, 0.25) is 0 Å². The number of likely N-dealkylation sites (tertiary alicyclic amines) is 1. The maximum atomic E-state index is 12.7. The third-order valence-electron chi connectivity index (χ3n) is 5.17. The highest BCUT2D eigenvalue weighted by Gasteiger charge is 2.24. The van der Waals surface area contributed by atoms with Gasteiger partial charge in [0.1, 0.15) is 0 Å². The molecule has 0 bridgehead atoms. The number of rotatable bonds is 4. The molecular weight excluding hydrogens is 312 g/mol. The predicted molar refractivity (Wildman–Crippen MR) is 96.1 cm³/mol. The number of amides is 2. The Balaban J connectivity index is 1.46. The van der Waals surface area contributed by atoms with E-state index in [4.69, 9.17) is 0 Å². The SMILES string of the molecule is O=C(N[C@@H]1CCc2ccccc21)c1cccc(CN2CCCC2=O)c1. The van der Waals surface area contributed by atoms with E-state index in [1.165, 1.54) is 11.1 Å². The quantitative estimate of drug-likeness (QED) is 0.933. The van der Waals surface area contributed by atoms with E-state index in [2.05, 4.69) is 17.4 Å². The number of carbonyl (C=O) groups excluding carboxylic acids is 2. The standard InChI is InChI=1S/C21H22N2O2/c24-20-9-4-12-23(20)14-15-5-3-7-17(13-15)21(25)22-19-11-10-16-6-1-2-8-18(16)19/h1-3,5-8,13,19H,4,9-12,14H2,(H,22,25)/t19-/m1/s1. The first-order valence-electron chi connectivity index (χ1n) is 8.96. The largest absolute Gasteiger partial charge is 0.345 e. The van der Waals surface area contributed by atoms with E-state index < -0.39 is 0 Å². The molecule has 2 amide bonds. The Morgan fingerprint density at radius 2 is 2.00 bits per heavy atom. The van der Waals surface area contributed by atoms with Crippen molar-refractivity contribution in [2.24, 2.45) is 0 Å². The van der Waals surface area contributed by atoms with Crippen molar-refractivity contribution in [3.05, 3.63) is 70.8 Å². The number of hydrogen-bond donors (Lipinski definition) is 1. The fraction of sp³-hybridized carbons (Fsp3) is 0.333. The van der Waals surface area contributed by atoms with E-state index in [0.29, 0.717) is 18.5 Å². The number of fused-ring (bicyclic) bond motifs is 1. The first kappa shape index (κ1) is 15.9. The van der Waals surface area contributed by atoms with Gasteiger partial charge in [-0.2, -0.15) is 0 Å². The van der Waals surface area contributed by atoms with E-state index in [-0.39, 0.29) is 17.9 Å². The molecular formula is C21H22N2O2. The Kier molecular flexibility index (Phi) is 4.26. The van der Waals surface area contributed by atoms with E-state index in [1.807, 2.05) is 41.3 Å². The summed E-state index contributed by atoms with van der Waals surface area (Å²) in [5.74, 6) is 0.161. The zero-order valence-corrected chi connectivity index (χ0v) is 14.2. The first-order valence-corrected chi connectivity index (χ1v) is 8.96. The Hall–Kier alpha value is -2.62.